The van der Waals surface area contributed by atoms with Gasteiger partial charge in [0.15, 0.2) is 5.78 Å². The Morgan fingerprint density at radius 2 is 2.00 bits per heavy atom. The molecular formula is C15H22ClNO. The van der Waals surface area contributed by atoms with Crippen LogP contribution in [0.3, 0.4) is 0 Å². The van der Waals surface area contributed by atoms with Crippen molar-refractivity contribution >= 4 is 17.6 Å². The molecule has 2 nitrogen and oxygen atoms in total. The zero-order valence-corrected chi connectivity index (χ0v) is 12.4. The molecule has 18 heavy (non-hydrogen) atoms. The van der Waals surface area contributed by atoms with E-state index in [4.69, 9.17) is 11.8 Å². The molecule has 1 rings (SSSR count). The Morgan fingerprint density at radius 3 is 2.50 bits per heavy atom. The molecule has 1 aliphatic rings. The Kier molecular flexibility index (Phi) is 5.21. The number of hydrogen-bond donors (Lipinski definition) is 0. The summed E-state index contributed by atoms with van der Waals surface area (Å²) in [6.45, 7) is 9.17. The molecule has 0 aromatic heterocycles. The van der Waals surface area contributed by atoms with Crippen LogP contribution in [0.5, 0.6) is 0 Å². The summed E-state index contributed by atoms with van der Waals surface area (Å²) < 4.78 is 1.57. The summed E-state index contributed by atoms with van der Waals surface area (Å²) in [6.07, 6.45) is 9.38. The zero-order chi connectivity index (χ0) is 13.8. The monoisotopic (exact) mass is 267 g/mol. The molecule has 100 valence electrons. The van der Waals surface area contributed by atoms with Crippen molar-refractivity contribution in [3.05, 3.63) is 35.6 Å². The van der Waals surface area contributed by atoms with Gasteiger partial charge < -0.3 is 0 Å². The van der Waals surface area contributed by atoms with Crippen molar-refractivity contribution < 1.29 is 4.79 Å². The quantitative estimate of drug-likeness (QED) is 0.561. The summed E-state index contributed by atoms with van der Waals surface area (Å²) in [5, 5.41) is 0. The van der Waals surface area contributed by atoms with E-state index in [1.807, 2.05) is 12.2 Å². The number of allylic oxidation sites excluding steroid dienone is 5. The Bertz CT molecular complexity index is 399. The predicted octanol–water partition coefficient (Wildman–Crippen LogP) is 4.24. The highest BCUT2D eigenvalue weighted by atomic mass is 35.5. The van der Waals surface area contributed by atoms with Crippen molar-refractivity contribution in [1.82, 2.24) is 4.42 Å². The van der Waals surface area contributed by atoms with E-state index in [2.05, 4.69) is 27.7 Å². The summed E-state index contributed by atoms with van der Waals surface area (Å²) in [6, 6.07) is 0. The number of carbonyl (C=O) groups excluding carboxylic acids is 1. The SMILES string of the molecule is CCCCN(Cl)/C=C1/C=CC(C(C)(C)C)=CC1=O. The molecule has 0 fully saturated rings. The van der Waals surface area contributed by atoms with Crippen LogP contribution in [-0.4, -0.2) is 16.7 Å². The van der Waals surface area contributed by atoms with Gasteiger partial charge in [-0.2, -0.15) is 0 Å². The molecular weight excluding hydrogens is 246 g/mol. The van der Waals surface area contributed by atoms with E-state index in [0.717, 1.165) is 25.0 Å². The third kappa shape index (κ3) is 4.34. The van der Waals surface area contributed by atoms with Gasteiger partial charge in [-0.3, -0.25) is 9.21 Å². The lowest BCUT2D eigenvalue weighted by Crippen LogP contribution is -2.15. The second-order valence-electron chi connectivity index (χ2n) is 5.61. The first-order valence-electron chi connectivity index (χ1n) is 6.43. The average Bonchev–Trinajstić information content (AvgIpc) is 2.27. The molecule has 0 aliphatic heterocycles. The smallest absolute Gasteiger partial charge is 0.187 e. The third-order valence-corrected chi connectivity index (χ3v) is 3.15. The van der Waals surface area contributed by atoms with Crippen molar-refractivity contribution in [3.63, 3.8) is 0 Å². The molecule has 0 saturated carbocycles. The van der Waals surface area contributed by atoms with E-state index < -0.39 is 0 Å². The van der Waals surface area contributed by atoms with Gasteiger partial charge in [0, 0.05) is 30.1 Å². The molecule has 0 heterocycles. The molecule has 0 unspecified atom stereocenters. The summed E-state index contributed by atoms with van der Waals surface area (Å²) in [5.74, 6) is 0.0320. The van der Waals surface area contributed by atoms with Gasteiger partial charge in [0.25, 0.3) is 0 Å². The van der Waals surface area contributed by atoms with Crippen LogP contribution in [-0.2, 0) is 4.79 Å². The van der Waals surface area contributed by atoms with Gasteiger partial charge in [-0.15, -0.1) is 0 Å². The highest BCUT2D eigenvalue weighted by Crippen LogP contribution is 2.29. The van der Waals surface area contributed by atoms with Crippen LogP contribution >= 0.6 is 11.8 Å². The standard InChI is InChI=1S/C15H22ClNO/c1-5-6-9-17(16)11-12-7-8-13(10-14(12)18)15(2,3)4/h7-8,10-11H,5-6,9H2,1-4H3/b12-11-. The Hall–Kier alpha value is -1.02. The van der Waals surface area contributed by atoms with Gasteiger partial charge >= 0.3 is 0 Å². The van der Waals surface area contributed by atoms with Crippen molar-refractivity contribution in [3.8, 4) is 0 Å². The van der Waals surface area contributed by atoms with Gasteiger partial charge in [-0.25, -0.2) is 0 Å². The van der Waals surface area contributed by atoms with Gasteiger partial charge in [-0.1, -0.05) is 40.2 Å². The van der Waals surface area contributed by atoms with E-state index in [0.29, 0.717) is 5.57 Å². The van der Waals surface area contributed by atoms with E-state index >= 15 is 0 Å². The summed E-state index contributed by atoms with van der Waals surface area (Å²) in [5.41, 5.74) is 1.70. The number of ketones is 1. The lowest BCUT2D eigenvalue weighted by atomic mass is 9.82. The molecule has 0 radical (unpaired) electrons. The maximum atomic E-state index is 12.0. The Morgan fingerprint density at radius 1 is 1.33 bits per heavy atom. The van der Waals surface area contributed by atoms with Crippen LogP contribution < -0.4 is 0 Å². The van der Waals surface area contributed by atoms with Crippen molar-refractivity contribution in [2.45, 2.75) is 40.5 Å². The number of rotatable bonds is 4. The van der Waals surface area contributed by atoms with Crippen molar-refractivity contribution in [1.29, 1.82) is 0 Å². The second kappa shape index (κ2) is 6.24. The number of nitrogens with zero attached hydrogens (tertiary/aromatic N) is 1. The lowest BCUT2D eigenvalue weighted by molar-refractivity contribution is -0.111. The molecule has 0 spiro atoms. The minimum absolute atomic E-state index is 0.000548. The zero-order valence-electron chi connectivity index (χ0n) is 11.7. The third-order valence-electron chi connectivity index (χ3n) is 2.88. The highest BCUT2D eigenvalue weighted by molar-refractivity contribution is 6.15. The highest BCUT2D eigenvalue weighted by Gasteiger charge is 2.20. The van der Waals surface area contributed by atoms with Gasteiger partial charge in [0.05, 0.1) is 0 Å². The van der Waals surface area contributed by atoms with Crippen LogP contribution in [0, 0.1) is 5.41 Å². The molecule has 0 amide bonds. The molecule has 0 saturated heterocycles. The lowest BCUT2D eigenvalue weighted by Gasteiger charge is -2.22. The van der Waals surface area contributed by atoms with Crippen molar-refractivity contribution in [2.75, 3.05) is 6.54 Å². The minimum Gasteiger partial charge on any atom is -0.292 e. The van der Waals surface area contributed by atoms with Crippen LogP contribution in [0.2, 0.25) is 0 Å². The number of hydrogen-bond acceptors (Lipinski definition) is 2. The van der Waals surface area contributed by atoms with E-state index in [9.17, 15) is 4.79 Å². The average molecular weight is 268 g/mol. The normalized spacial score (nSPS) is 18.2. The van der Waals surface area contributed by atoms with Gasteiger partial charge in [0.1, 0.15) is 0 Å². The maximum absolute atomic E-state index is 12.0. The van der Waals surface area contributed by atoms with Crippen LogP contribution in [0.4, 0.5) is 0 Å². The van der Waals surface area contributed by atoms with E-state index in [1.54, 1.807) is 16.7 Å². The van der Waals surface area contributed by atoms with E-state index in [1.165, 1.54) is 0 Å². The first kappa shape index (κ1) is 15.0. The molecule has 0 bridgehead atoms. The Labute approximate surface area is 115 Å². The topological polar surface area (TPSA) is 20.3 Å². The second-order valence-corrected chi connectivity index (χ2v) is 6.04. The minimum atomic E-state index is 0.000548. The number of unbranched alkanes of at least 4 members (excludes halogenated alkanes) is 1. The molecule has 3 heteroatoms. The number of halogens is 1. The fraction of sp³-hybridized carbons (Fsp3) is 0.533. The molecule has 1 aliphatic carbocycles. The number of carbonyl (C=O) groups is 1. The predicted molar refractivity (Wildman–Crippen MR) is 77.2 cm³/mol. The maximum Gasteiger partial charge on any atom is 0.187 e. The van der Waals surface area contributed by atoms with Gasteiger partial charge in [-0.05, 0) is 29.6 Å². The van der Waals surface area contributed by atoms with Gasteiger partial charge in [0.2, 0.25) is 0 Å². The first-order chi connectivity index (χ1) is 8.34. The fourth-order valence-electron chi connectivity index (χ4n) is 1.63. The molecule has 0 aromatic carbocycles. The summed E-state index contributed by atoms with van der Waals surface area (Å²) in [7, 11) is 0. The molecule has 0 N–H and O–H groups in total. The first-order valence-corrected chi connectivity index (χ1v) is 6.77. The van der Waals surface area contributed by atoms with Crippen LogP contribution in [0.15, 0.2) is 35.6 Å². The molecule has 0 aromatic rings. The van der Waals surface area contributed by atoms with E-state index in [-0.39, 0.29) is 11.2 Å². The summed E-state index contributed by atoms with van der Waals surface area (Å²) >= 11 is 6.03. The molecule has 0 atom stereocenters. The van der Waals surface area contributed by atoms with Crippen molar-refractivity contribution in [2.24, 2.45) is 5.41 Å². The van der Waals surface area contributed by atoms with Crippen LogP contribution in [0.25, 0.3) is 0 Å². The fourth-order valence-corrected chi connectivity index (χ4v) is 1.86. The largest absolute Gasteiger partial charge is 0.292 e. The summed E-state index contributed by atoms with van der Waals surface area (Å²) in [4.78, 5) is 12.0. The Balaban J connectivity index is 2.75. The van der Waals surface area contributed by atoms with Crippen LogP contribution in [0.1, 0.15) is 40.5 Å².